The minimum atomic E-state index is -0.316. The van der Waals surface area contributed by atoms with Gasteiger partial charge >= 0.3 is 0 Å². The molecule has 0 atom stereocenters. The number of nitrogens with one attached hydrogen (secondary N) is 2. The fourth-order valence-electron chi connectivity index (χ4n) is 1.85. The Morgan fingerprint density at radius 1 is 1.23 bits per heavy atom. The highest BCUT2D eigenvalue weighted by atomic mass is 79.9. The molecule has 6 heteroatoms. The molecule has 2 rings (SSSR count). The van der Waals surface area contributed by atoms with Crippen molar-refractivity contribution in [1.29, 1.82) is 0 Å². The normalized spacial score (nSPS) is 9.91. The Hall–Kier alpha value is -1.92. The summed E-state index contributed by atoms with van der Waals surface area (Å²) < 4.78 is 5.98. The van der Waals surface area contributed by atoms with Crippen molar-refractivity contribution >= 4 is 39.2 Å². The summed E-state index contributed by atoms with van der Waals surface area (Å²) in [5, 5.41) is 5.92. The van der Waals surface area contributed by atoms with Crippen LogP contribution in [0, 0.1) is 0 Å². The van der Waals surface area contributed by atoms with Crippen molar-refractivity contribution in [2.75, 3.05) is 7.11 Å². The smallest absolute Gasteiger partial charge is 0.261 e. The number of thiocarbonyl (C=S) groups is 1. The van der Waals surface area contributed by atoms with Gasteiger partial charge in [-0.2, -0.15) is 0 Å². The first-order valence-electron chi connectivity index (χ1n) is 6.57. The van der Waals surface area contributed by atoms with Crippen LogP contribution in [0.5, 0.6) is 5.75 Å². The predicted molar refractivity (Wildman–Crippen MR) is 94.0 cm³/mol. The first-order valence-corrected chi connectivity index (χ1v) is 7.77. The van der Waals surface area contributed by atoms with Crippen LogP contribution in [0.2, 0.25) is 0 Å². The van der Waals surface area contributed by atoms with E-state index in [9.17, 15) is 4.79 Å². The van der Waals surface area contributed by atoms with Gasteiger partial charge in [0.15, 0.2) is 5.11 Å². The van der Waals surface area contributed by atoms with Crippen molar-refractivity contribution in [3.8, 4) is 5.75 Å². The molecule has 0 heterocycles. The Morgan fingerprint density at radius 2 is 1.95 bits per heavy atom. The third-order valence-electron chi connectivity index (χ3n) is 2.93. The lowest BCUT2D eigenvalue weighted by molar-refractivity contribution is 0.0973. The van der Waals surface area contributed by atoms with Gasteiger partial charge in [0.05, 0.1) is 12.7 Å². The second-order valence-electron chi connectivity index (χ2n) is 4.47. The van der Waals surface area contributed by atoms with Crippen LogP contribution in [0.3, 0.4) is 0 Å². The highest BCUT2D eigenvalue weighted by Gasteiger charge is 2.14. The van der Waals surface area contributed by atoms with Gasteiger partial charge in [0, 0.05) is 11.0 Å². The molecular formula is C16H15BrN2O2S. The molecule has 0 saturated heterocycles. The largest absolute Gasteiger partial charge is 0.496 e. The first-order chi connectivity index (χ1) is 10.6. The second kappa shape index (κ2) is 7.91. The average molecular weight is 379 g/mol. The van der Waals surface area contributed by atoms with E-state index >= 15 is 0 Å². The van der Waals surface area contributed by atoms with Gasteiger partial charge in [-0.1, -0.05) is 46.3 Å². The van der Waals surface area contributed by atoms with Crippen LogP contribution < -0.4 is 15.4 Å². The number of rotatable bonds is 4. The second-order valence-corrected chi connectivity index (χ2v) is 5.79. The van der Waals surface area contributed by atoms with Crippen molar-refractivity contribution < 1.29 is 9.53 Å². The van der Waals surface area contributed by atoms with E-state index in [4.69, 9.17) is 17.0 Å². The molecule has 0 aromatic heterocycles. The molecule has 22 heavy (non-hydrogen) atoms. The minimum Gasteiger partial charge on any atom is -0.496 e. The molecule has 1 amide bonds. The van der Waals surface area contributed by atoms with Gasteiger partial charge in [0.2, 0.25) is 0 Å². The number of carbonyl (C=O) groups is 1. The zero-order valence-electron chi connectivity index (χ0n) is 11.9. The number of methoxy groups -OCH3 is 1. The minimum absolute atomic E-state index is 0.274. The van der Waals surface area contributed by atoms with E-state index in [0.29, 0.717) is 17.9 Å². The molecule has 0 saturated carbocycles. The highest BCUT2D eigenvalue weighted by Crippen LogP contribution is 2.22. The lowest BCUT2D eigenvalue weighted by Gasteiger charge is -2.12. The molecule has 0 aliphatic heterocycles. The Kier molecular flexibility index (Phi) is 5.91. The van der Waals surface area contributed by atoms with E-state index < -0.39 is 0 Å². The summed E-state index contributed by atoms with van der Waals surface area (Å²) in [6.07, 6.45) is 0. The van der Waals surface area contributed by atoms with Crippen LogP contribution in [0.1, 0.15) is 15.9 Å². The van der Waals surface area contributed by atoms with Crippen LogP contribution >= 0.6 is 28.1 Å². The molecule has 2 aromatic rings. The molecule has 114 valence electrons. The van der Waals surface area contributed by atoms with Gasteiger partial charge in [0.25, 0.3) is 5.91 Å². The van der Waals surface area contributed by atoms with Gasteiger partial charge < -0.3 is 10.1 Å². The third-order valence-corrected chi connectivity index (χ3v) is 3.67. The van der Waals surface area contributed by atoms with E-state index in [-0.39, 0.29) is 11.0 Å². The van der Waals surface area contributed by atoms with E-state index in [1.54, 1.807) is 12.1 Å². The number of amides is 1. The van der Waals surface area contributed by atoms with E-state index in [1.165, 1.54) is 7.11 Å². The summed E-state index contributed by atoms with van der Waals surface area (Å²) in [4.78, 5) is 12.3. The Morgan fingerprint density at radius 3 is 2.64 bits per heavy atom. The maximum atomic E-state index is 12.3. The van der Waals surface area contributed by atoms with E-state index in [2.05, 4.69) is 26.6 Å². The topological polar surface area (TPSA) is 50.4 Å². The predicted octanol–water partition coefficient (Wildman–Crippen LogP) is 3.26. The van der Waals surface area contributed by atoms with Gasteiger partial charge in [-0.05, 0) is 36.0 Å². The quantitative estimate of drug-likeness (QED) is 0.801. The summed E-state index contributed by atoms with van der Waals surface area (Å²) in [6.45, 7) is 0.551. The van der Waals surface area contributed by atoms with Crippen LogP contribution in [0.4, 0.5) is 0 Å². The molecule has 0 fully saturated rings. The van der Waals surface area contributed by atoms with Crippen molar-refractivity contribution in [2.24, 2.45) is 0 Å². The monoisotopic (exact) mass is 378 g/mol. The van der Waals surface area contributed by atoms with Crippen LogP contribution in [-0.2, 0) is 6.54 Å². The number of benzene rings is 2. The number of hydrogen-bond acceptors (Lipinski definition) is 3. The SMILES string of the molecule is COc1ccc(Br)cc1C(=O)NC(=S)NCc1ccccc1. The third kappa shape index (κ3) is 4.54. The van der Waals surface area contributed by atoms with Crippen molar-refractivity contribution in [3.63, 3.8) is 0 Å². The van der Waals surface area contributed by atoms with Gasteiger partial charge in [-0.3, -0.25) is 10.1 Å². The van der Waals surface area contributed by atoms with E-state index in [0.717, 1.165) is 10.0 Å². The summed E-state index contributed by atoms with van der Waals surface area (Å²) >= 11 is 8.48. The van der Waals surface area contributed by atoms with Crippen molar-refractivity contribution in [3.05, 3.63) is 64.1 Å². The van der Waals surface area contributed by atoms with Gasteiger partial charge in [-0.15, -0.1) is 0 Å². The molecule has 4 nitrogen and oxygen atoms in total. The highest BCUT2D eigenvalue weighted by molar-refractivity contribution is 9.10. The number of ether oxygens (including phenoxy) is 1. The zero-order chi connectivity index (χ0) is 15.9. The number of hydrogen-bond donors (Lipinski definition) is 2. The summed E-state index contributed by atoms with van der Waals surface area (Å²) in [5.74, 6) is 0.176. The lowest BCUT2D eigenvalue weighted by Crippen LogP contribution is -2.39. The number of halogens is 1. The summed E-state index contributed by atoms with van der Waals surface area (Å²) in [6, 6.07) is 15.0. The maximum absolute atomic E-state index is 12.3. The summed E-state index contributed by atoms with van der Waals surface area (Å²) in [7, 11) is 1.52. The fraction of sp³-hybridized carbons (Fsp3) is 0.125. The lowest BCUT2D eigenvalue weighted by atomic mass is 10.2. The maximum Gasteiger partial charge on any atom is 0.261 e. The van der Waals surface area contributed by atoms with Crippen molar-refractivity contribution in [1.82, 2.24) is 10.6 Å². The standard InChI is InChI=1S/C16H15BrN2O2S/c1-21-14-8-7-12(17)9-13(14)15(20)19-16(22)18-10-11-5-3-2-4-6-11/h2-9H,10H2,1H3,(H2,18,19,20,22). The van der Waals surface area contributed by atoms with Gasteiger partial charge in [-0.25, -0.2) is 0 Å². The molecular weight excluding hydrogens is 364 g/mol. The summed E-state index contributed by atoms with van der Waals surface area (Å²) in [5.41, 5.74) is 1.50. The molecule has 0 radical (unpaired) electrons. The number of carbonyl (C=O) groups excluding carboxylic acids is 1. The first kappa shape index (κ1) is 16.5. The average Bonchev–Trinajstić information content (AvgIpc) is 2.54. The molecule has 0 aliphatic carbocycles. The van der Waals surface area contributed by atoms with Crippen LogP contribution in [-0.4, -0.2) is 18.1 Å². The molecule has 2 N–H and O–H groups in total. The van der Waals surface area contributed by atoms with E-state index in [1.807, 2.05) is 36.4 Å². The van der Waals surface area contributed by atoms with Crippen LogP contribution in [0.25, 0.3) is 0 Å². The van der Waals surface area contributed by atoms with Gasteiger partial charge in [0.1, 0.15) is 5.75 Å². The molecule has 2 aromatic carbocycles. The Balaban J connectivity index is 1.97. The molecule has 0 unspecified atom stereocenters. The molecule has 0 aliphatic rings. The Bertz CT molecular complexity index is 677. The molecule has 0 spiro atoms. The Labute approximate surface area is 143 Å². The zero-order valence-corrected chi connectivity index (χ0v) is 14.3. The molecule has 0 bridgehead atoms. The van der Waals surface area contributed by atoms with Crippen molar-refractivity contribution in [2.45, 2.75) is 6.54 Å². The van der Waals surface area contributed by atoms with Crippen LogP contribution in [0.15, 0.2) is 53.0 Å². The fourth-order valence-corrected chi connectivity index (χ4v) is 2.38.